The van der Waals surface area contributed by atoms with Crippen LogP contribution in [0.1, 0.15) is 18.4 Å². The summed E-state index contributed by atoms with van der Waals surface area (Å²) < 4.78 is 25.8. The van der Waals surface area contributed by atoms with Crippen molar-refractivity contribution in [1.29, 1.82) is 0 Å². The van der Waals surface area contributed by atoms with Crippen LogP contribution in [0.25, 0.3) is 0 Å². The summed E-state index contributed by atoms with van der Waals surface area (Å²) in [4.78, 5) is 0.366. The summed E-state index contributed by atoms with van der Waals surface area (Å²) in [6.45, 7) is 0.613. The standard InChI is InChI=1S/C11H16N2O2S/c1-12-16(14,15)11-5-3-2-4-9(11)8-13-10-6-7-10/h2-5,10,12-13H,6-8H2,1H3. The number of hydrogen-bond donors (Lipinski definition) is 2. The molecule has 0 amide bonds. The van der Waals surface area contributed by atoms with Crippen LogP contribution < -0.4 is 10.0 Å². The smallest absolute Gasteiger partial charge is 0.240 e. The number of sulfonamides is 1. The van der Waals surface area contributed by atoms with Crippen LogP contribution in [-0.4, -0.2) is 21.5 Å². The molecule has 0 atom stereocenters. The second-order valence-electron chi connectivity index (χ2n) is 3.97. The fourth-order valence-electron chi connectivity index (χ4n) is 1.56. The fourth-order valence-corrected chi connectivity index (χ4v) is 2.53. The van der Waals surface area contributed by atoms with Crippen molar-refractivity contribution in [2.24, 2.45) is 0 Å². The third kappa shape index (κ3) is 2.61. The van der Waals surface area contributed by atoms with Crippen LogP contribution in [0.3, 0.4) is 0 Å². The van der Waals surface area contributed by atoms with E-state index in [4.69, 9.17) is 0 Å². The summed E-state index contributed by atoms with van der Waals surface area (Å²) >= 11 is 0. The molecule has 1 aliphatic carbocycles. The summed E-state index contributed by atoms with van der Waals surface area (Å²) in [5, 5.41) is 3.32. The Balaban J connectivity index is 2.22. The quantitative estimate of drug-likeness (QED) is 0.802. The van der Waals surface area contributed by atoms with Gasteiger partial charge < -0.3 is 5.32 Å². The molecule has 0 radical (unpaired) electrons. The van der Waals surface area contributed by atoms with Crippen LogP contribution in [0, 0.1) is 0 Å². The molecular weight excluding hydrogens is 224 g/mol. The van der Waals surface area contributed by atoms with Gasteiger partial charge in [-0.2, -0.15) is 0 Å². The Hall–Kier alpha value is -0.910. The third-order valence-corrected chi connectivity index (χ3v) is 4.20. The van der Waals surface area contributed by atoms with Gasteiger partial charge in [0, 0.05) is 12.6 Å². The predicted octanol–water partition coefficient (Wildman–Crippen LogP) is 0.847. The summed E-state index contributed by atoms with van der Waals surface area (Å²) in [5.41, 5.74) is 0.823. The van der Waals surface area contributed by atoms with Crippen molar-refractivity contribution < 1.29 is 8.42 Å². The van der Waals surface area contributed by atoms with Crippen LogP contribution >= 0.6 is 0 Å². The van der Waals surface area contributed by atoms with Gasteiger partial charge in [-0.1, -0.05) is 18.2 Å². The van der Waals surface area contributed by atoms with Gasteiger partial charge in [-0.25, -0.2) is 13.1 Å². The molecule has 88 valence electrons. The SMILES string of the molecule is CNS(=O)(=O)c1ccccc1CNC1CC1. The van der Waals surface area contributed by atoms with E-state index in [0.29, 0.717) is 17.5 Å². The first-order valence-electron chi connectivity index (χ1n) is 5.38. The highest BCUT2D eigenvalue weighted by atomic mass is 32.2. The molecule has 0 spiro atoms. The molecule has 0 saturated heterocycles. The van der Waals surface area contributed by atoms with Gasteiger partial charge in [-0.05, 0) is 31.5 Å². The lowest BCUT2D eigenvalue weighted by molar-refractivity contribution is 0.585. The first-order chi connectivity index (χ1) is 7.63. The van der Waals surface area contributed by atoms with Crippen LogP contribution in [-0.2, 0) is 16.6 Å². The van der Waals surface area contributed by atoms with Crippen molar-refractivity contribution in [2.75, 3.05) is 7.05 Å². The van der Waals surface area contributed by atoms with Gasteiger partial charge in [0.05, 0.1) is 4.90 Å². The Morgan fingerprint density at radius 3 is 2.62 bits per heavy atom. The van der Waals surface area contributed by atoms with E-state index in [1.54, 1.807) is 12.1 Å². The monoisotopic (exact) mass is 240 g/mol. The highest BCUT2D eigenvalue weighted by Gasteiger charge is 2.22. The summed E-state index contributed by atoms with van der Waals surface area (Å²) in [5.74, 6) is 0. The maximum absolute atomic E-state index is 11.7. The van der Waals surface area contributed by atoms with Crippen molar-refractivity contribution in [3.8, 4) is 0 Å². The minimum atomic E-state index is -3.35. The topological polar surface area (TPSA) is 58.2 Å². The van der Waals surface area contributed by atoms with Gasteiger partial charge in [0.1, 0.15) is 0 Å². The Bertz CT molecular complexity index is 467. The molecule has 1 aromatic carbocycles. The van der Waals surface area contributed by atoms with E-state index in [9.17, 15) is 8.42 Å². The first-order valence-corrected chi connectivity index (χ1v) is 6.86. The van der Waals surface area contributed by atoms with E-state index in [1.165, 1.54) is 19.9 Å². The summed E-state index contributed by atoms with van der Waals surface area (Å²) in [6, 6.07) is 7.66. The third-order valence-electron chi connectivity index (χ3n) is 2.69. The van der Waals surface area contributed by atoms with Gasteiger partial charge in [0.25, 0.3) is 0 Å². The zero-order valence-corrected chi connectivity index (χ0v) is 10.0. The highest BCUT2D eigenvalue weighted by molar-refractivity contribution is 7.89. The molecule has 0 aliphatic heterocycles. The van der Waals surface area contributed by atoms with Crippen LogP contribution in [0.15, 0.2) is 29.2 Å². The van der Waals surface area contributed by atoms with Gasteiger partial charge in [-0.15, -0.1) is 0 Å². The molecule has 0 unspecified atom stereocenters. The average molecular weight is 240 g/mol. The lowest BCUT2D eigenvalue weighted by atomic mass is 10.2. The number of hydrogen-bond acceptors (Lipinski definition) is 3. The van der Waals surface area contributed by atoms with Gasteiger partial charge in [0.15, 0.2) is 0 Å². The first kappa shape index (κ1) is 11.6. The molecule has 0 heterocycles. The maximum Gasteiger partial charge on any atom is 0.240 e. The minimum absolute atomic E-state index is 0.366. The molecule has 0 bridgehead atoms. The Morgan fingerprint density at radius 1 is 1.31 bits per heavy atom. The number of rotatable bonds is 5. The van der Waals surface area contributed by atoms with E-state index < -0.39 is 10.0 Å². The fraction of sp³-hybridized carbons (Fsp3) is 0.455. The normalized spacial score (nSPS) is 16.3. The molecule has 1 aromatic rings. The molecule has 2 N–H and O–H groups in total. The Kier molecular flexibility index (Phi) is 3.28. The van der Waals surface area contributed by atoms with Crippen molar-refractivity contribution in [3.05, 3.63) is 29.8 Å². The second kappa shape index (κ2) is 4.53. The molecule has 1 aliphatic rings. The zero-order valence-electron chi connectivity index (χ0n) is 9.23. The molecule has 4 nitrogen and oxygen atoms in total. The molecule has 5 heteroatoms. The van der Waals surface area contributed by atoms with Gasteiger partial charge in [-0.3, -0.25) is 0 Å². The van der Waals surface area contributed by atoms with E-state index in [-0.39, 0.29) is 0 Å². The lowest BCUT2D eigenvalue weighted by Crippen LogP contribution is -2.23. The van der Waals surface area contributed by atoms with Crippen LogP contribution in [0.2, 0.25) is 0 Å². The molecular formula is C11H16N2O2S. The van der Waals surface area contributed by atoms with Gasteiger partial charge in [0.2, 0.25) is 10.0 Å². The second-order valence-corrected chi connectivity index (χ2v) is 5.83. The minimum Gasteiger partial charge on any atom is -0.310 e. The molecule has 0 aromatic heterocycles. The van der Waals surface area contributed by atoms with Crippen molar-refractivity contribution >= 4 is 10.0 Å². The molecule has 16 heavy (non-hydrogen) atoms. The molecule has 2 rings (SSSR count). The van der Waals surface area contributed by atoms with E-state index >= 15 is 0 Å². The highest BCUT2D eigenvalue weighted by Crippen LogP contribution is 2.21. The molecule has 1 saturated carbocycles. The largest absolute Gasteiger partial charge is 0.310 e. The predicted molar refractivity (Wildman–Crippen MR) is 62.5 cm³/mol. The maximum atomic E-state index is 11.7. The van der Waals surface area contributed by atoms with Gasteiger partial charge >= 0.3 is 0 Å². The van der Waals surface area contributed by atoms with Crippen molar-refractivity contribution in [1.82, 2.24) is 10.0 Å². The summed E-state index contributed by atoms with van der Waals surface area (Å²) in [7, 11) is -1.92. The molecule has 1 fully saturated rings. The van der Waals surface area contributed by atoms with Crippen LogP contribution in [0.4, 0.5) is 0 Å². The Morgan fingerprint density at radius 2 is 2.00 bits per heavy atom. The lowest BCUT2D eigenvalue weighted by Gasteiger charge is -2.09. The number of nitrogens with one attached hydrogen (secondary N) is 2. The van der Waals surface area contributed by atoms with E-state index in [0.717, 1.165) is 5.56 Å². The van der Waals surface area contributed by atoms with E-state index in [2.05, 4.69) is 10.0 Å². The van der Waals surface area contributed by atoms with Crippen molar-refractivity contribution in [2.45, 2.75) is 30.3 Å². The summed E-state index contributed by atoms with van der Waals surface area (Å²) in [6.07, 6.45) is 2.39. The zero-order chi connectivity index (χ0) is 11.6. The Labute approximate surface area is 96.1 Å². The average Bonchev–Trinajstić information content (AvgIpc) is 3.10. The van der Waals surface area contributed by atoms with Crippen molar-refractivity contribution in [3.63, 3.8) is 0 Å². The number of benzene rings is 1. The van der Waals surface area contributed by atoms with E-state index in [1.807, 2.05) is 12.1 Å². The van der Waals surface area contributed by atoms with Crippen LogP contribution in [0.5, 0.6) is 0 Å².